The van der Waals surface area contributed by atoms with Crippen molar-refractivity contribution in [3.8, 4) is 0 Å². The molecule has 0 bridgehead atoms. The van der Waals surface area contributed by atoms with Gasteiger partial charge in [-0.2, -0.15) is 0 Å². The van der Waals surface area contributed by atoms with Crippen LogP contribution < -0.4 is 10.9 Å². The quantitative estimate of drug-likeness (QED) is 0.345. The fourth-order valence-corrected chi connectivity index (χ4v) is 2.02. The van der Waals surface area contributed by atoms with E-state index in [0.29, 0.717) is 5.56 Å². The number of ether oxygens (including phenoxy) is 1. The predicted molar refractivity (Wildman–Crippen MR) is 70.8 cm³/mol. The van der Waals surface area contributed by atoms with Crippen LogP contribution in [0, 0.1) is 0 Å². The summed E-state index contributed by atoms with van der Waals surface area (Å²) in [6.45, 7) is -0.532. The van der Waals surface area contributed by atoms with Gasteiger partial charge in [-0.1, -0.05) is 18.2 Å². The van der Waals surface area contributed by atoms with Gasteiger partial charge in [-0.15, -0.1) is 0 Å². The molecule has 116 valence electrons. The van der Waals surface area contributed by atoms with E-state index in [1.807, 2.05) is 0 Å². The summed E-state index contributed by atoms with van der Waals surface area (Å²) in [4.78, 5) is 11.8. The van der Waals surface area contributed by atoms with Crippen LogP contribution >= 0.6 is 0 Å². The van der Waals surface area contributed by atoms with Gasteiger partial charge in [0.25, 0.3) is 5.91 Å². The second-order valence-corrected chi connectivity index (χ2v) is 4.71. The van der Waals surface area contributed by atoms with Gasteiger partial charge >= 0.3 is 0 Å². The molecule has 6 N–H and O–H groups in total. The van der Waals surface area contributed by atoms with Crippen LogP contribution in [-0.4, -0.2) is 63.6 Å². The Morgan fingerprint density at radius 3 is 2.38 bits per heavy atom. The van der Waals surface area contributed by atoms with Crippen molar-refractivity contribution in [1.29, 1.82) is 0 Å². The van der Waals surface area contributed by atoms with E-state index in [9.17, 15) is 20.1 Å². The van der Waals surface area contributed by atoms with Crippen LogP contribution in [-0.2, 0) is 4.74 Å². The lowest BCUT2D eigenvalue weighted by atomic mass is 9.99. The number of hydrazine groups is 1. The molecule has 0 radical (unpaired) electrons. The van der Waals surface area contributed by atoms with Gasteiger partial charge < -0.3 is 25.2 Å². The van der Waals surface area contributed by atoms with Gasteiger partial charge in [-0.3, -0.25) is 10.2 Å². The third-order valence-electron chi connectivity index (χ3n) is 3.26. The maximum absolute atomic E-state index is 11.8. The molecule has 21 heavy (non-hydrogen) atoms. The van der Waals surface area contributed by atoms with Gasteiger partial charge in [0.15, 0.2) is 6.23 Å². The average molecular weight is 298 g/mol. The highest BCUT2D eigenvalue weighted by molar-refractivity contribution is 5.93. The predicted octanol–water partition coefficient (Wildman–Crippen LogP) is -2.28. The molecule has 0 saturated carbocycles. The topological polar surface area (TPSA) is 131 Å². The van der Waals surface area contributed by atoms with E-state index >= 15 is 0 Å². The summed E-state index contributed by atoms with van der Waals surface area (Å²) in [5, 5.41) is 38.0. The van der Waals surface area contributed by atoms with E-state index in [0.717, 1.165) is 0 Å². The second kappa shape index (κ2) is 6.94. The Balaban J connectivity index is 1.94. The minimum absolute atomic E-state index is 0.398. The van der Waals surface area contributed by atoms with Crippen LogP contribution in [0.4, 0.5) is 0 Å². The number of aliphatic hydroxyl groups excluding tert-OH is 4. The maximum atomic E-state index is 11.8. The summed E-state index contributed by atoms with van der Waals surface area (Å²) < 4.78 is 5.18. The SMILES string of the molecule is O=C(NN[C@H]1O[C@@H](CO)[C@@H](O)[C@@H](O)[C@@H]1O)c1ccccc1. The lowest BCUT2D eigenvalue weighted by Gasteiger charge is -2.40. The van der Waals surface area contributed by atoms with Gasteiger partial charge in [0, 0.05) is 5.56 Å². The van der Waals surface area contributed by atoms with E-state index in [1.165, 1.54) is 0 Å². The molecule has 0 unspecified atom stereocenters. The van der Waals surface area contributed by atoms with Crippen molar-refractivity contribution in [2.75, 3.05) is 6.61 Å². The number of aliphatic hydroxyl groups is 4. The summed E-state index contributed by atoms with van der Waals surface area (Å²) in [6.07, 6.45) is -6.59. The molecule has 1 heterocycles. The normalized spacial score (nSPS) is 32.7. The van der Waals surface area contributed by atoms with Crippen LogP contribution in [0.3, 0.4) is 0 Å². The van der Waals surface area contributed by atoms with Gasteiger partial charge in [0.1, 0.15) is 24.4 Å². The fraction of sp³-hybridized carbons (Fsp3) is 0.462. The number of amides is 1. The van der Waals surface area contributed by atoms with E-state index in [4.69, 9.17) is 9.84 Å². The summed E-state index contributed by atoms with van der Waals surface area (Å²) in [6, 6.07) is 8.36. The van der Waals surface area contributed by atoms with Crippen molar-refractivity contribution < 1.29 is 30.0 Å². The number of rotatable bonds is 4. The zero-order valence-electron chi connectivity index (χ0n) is 11.1. The Morgan fingerprint density at radius 1 is 1.10 bits per heavy atom. The third kappa shape index (κ3) is 3.56. The highest BCUT2D eigenvalue weighted by atomic mass is 16.6. The molecule has 5 atom stereocenters. The summed E-state index contributed by atoms with van der Waals surface area (Å²) in [7, 11) is 0. The standard InChI is InChI=1S/C13H18N2O6/c16-6-8-9(17)10(18)11(19)13(21-8)15-14-12(20)7-4-2-1-3-5-7/h1-5,8-11,13,15-19H,6H2,(H,14,20)/t8-,9+,10+,11-,13-/m0/s1. The molecule has 1 aliphatic rings. The molecule has 1 aromatic carbocycles. The summed E-state index contributed by atoms with van der Waals surface area (Å²) >= 11 is 0. The van der Waals surface area contributed by atoms with Crippen molar-refractivity contribution >= 4 is 5.91 Å². The second-order valence-electron chi connectivity index (χ2n) is 4.71. The van der Waals surface area contributed by atoms with Gasteiger partial charge in [0.05, 0.1) is 6.61 Å². The van der Waals surface area contributed by atoms with E-state index in [2.05, 4.69) is 10.9 Å². The first-order valence-corrected chi connectivity index (χ1v) is 6.46. The lowest BCUT2D eigenvalue weighted by Crippen LogP contribution is -2.64. The molecule has 8 nitrogen and oxygen atoms in total. The fourth-order valence-electron chi connectivity index (χ4n) is 2.02. The maximum Gasteiger partial charge on any atom is 0.265 e. The van der Waals surface area contributed by atoms with Crippen molar-refractivity contribution in [3.05, 3.63) is 35.9 Å². The molecule has 1 aliphatic heterocycles. The van der Waals surface area contributed by atoms with Crippen molar-refractivity contribution in [2.45, 2.75) is 30.6 Å². The Kier molecular flexibility index (Phi) is 5.23. The number of carbonyl (C=O) groups excluding carboxylic acids is 1. The van der Waals surface area contributed by atoms with Gasteiger partial charge in [0.2, 0.25) is 0 Å². The molecule has 0 aliphatic carbocycles. The zero-order valence-corrected chi connectivity index (χ0v) is 11.1. The van der Waals surface area contributed by atoms with Crippen LogP contribution in [0.15, 0.2) is 30.3 Å². The van der Waals surface area contributed by atoms with Gasteiger partial charge in [-0.05, 0) is 12.1 Å². The number of benzene rings is 1. The van der Waals surface area contributed by atoms with Crippen LogP contribution in [0.25, 0.3) is 0 Å². The van der Waals surface area contributed by atoms with Crippen LogP contribution in [0.1, 0.15) is 10.4 Å². The number of nitrogens with one attached hydrogen (secondary N) is 2. The number of hydrogen-bond acceptors (Lipinski definition) is 7. The molecule has 1 saturated heterocycles. The summed E-state index contributed by atoms with van der Waals surface area (Å²) in [5.41, 5.74) is 5.16. The van der Waals surface area contributed by atoms with E-state index in [1.54, 1.807) is 30.3 Å². The molecule has 1 aromatic rings. The Hall–Kier alpha value is -1.55. The molecule has 8 heteroatoms. The van der Waals surface area contributed by atoms with Gasteiger partial charge in [-0.25, -0.2) is 5.43 Å². The Morgan fingerprint density at radius 2 is 1.76 bits per heavy atom. The minimum atomic E-state index is -1.50. The minimum Gasteiger partial charge on any atom is -0.394 e. The molecular weight excluding hydrogens is 280 g/mol. The number of carbonyl (C=O) groups is 1. The van der Waals surface area contributed by atoms with Crippen molar-refractivity contribution in [1.82, 2.24) is 10.9 Å². The van der Waals surface area contributed by atoms with E-state index < -0.39 is 43.2 Å². The zero-order chi connectivity index (χ0) is 15.4. The van der Waals surface area contributed by atoms with Crippen LogP contribution in [0.5, 0.6) is 0 Å². The smallest absolute Gasteiger partial charge is 0.265 e. The molecule has 1 amide bonds. The van der Waals surface area contributed by atoms with E-state index in [-0.39, 0.29) is 0 Å². The Bertz CT molecular complexity index is 469. The van der Waals surface area contributed by atoms with Crippen molar-refractivity contribution in [2.24, 2.45) is 0 Å². The first kappa shape index (κ1) is 15.8. The first-order chi connectivity index (χ1) is 10.0. The largest absolute Gasteiger partial charge is 0.394 e. The third-order valence-corrected chi connectivity index (χ3v) is 3.26. The average Bonchev–Trinajstić information content (AvgIpc) is 2.52. The molecule has 2 rings (SSSR count). The van der Waals surface area contributed by atoms with Crippen molar-refractivity contribution in [3.63, 3.8) is 0 Å². The first-order valence-electron chi connectivity index (χ1n) is 6.46. The summed E-state index contributed by atoms with van der Waals surface area (Å²) in [5.74, 6) is -0.451. The molecule has 0 spiro atoms. The monoisotopic (exact) mass is 298 g/mol. The highest BCUT2D eigenvalue weighted by Crippen LogP contribution is 2.19. The van der Waals surface area contributed by atoms with Crippen LogP contribution in [0.2, 0.25) is 0 Å². The highest BCUT2D eigenvalue weighted by Gasteiger charge is 2.43. The lowest BCUT2D eigenvalue weighted by molar-refractivity contribution is -0.238. The molecular formula is C13H18N2O6. The number of hydrogen-bond donors (Lipinski definition) is 6. The molecule has 0 aromatic heterocycles. The molecule has 1 fully saturated rings. The Labute approximate surface area is 121 Å².